The second-order valence-electron chi connectivity index (χ2n) is 8.30. The van der Waals surface area contributed by atoms with Crippen LogP contribution in [0.3, 0.4) is 0 Å². The van der Waals surface area contributed by atoms with E-state index in [1.807, 2.05) is 24.3 Å². The summed E-state index contributed by atoms with van der Waals surface area (Å²) in [5.74, 6) is 1.45. The molecule has 0 bridgehead atoms. The smallest absolute Gasteiger partial charge is 0.233 e. The van der Waals surface area contributed by atoms with Crippen molar-refractivity contribution in [3.8, 4) is 0 Å². The normalized spacial score (nSPS) is 11.1. The van der Waals surface area contributed by atoms with Crippen molar-refractivity contribution in [2.45, 2.75) is 47.5 Å². The molecule has 1 aromatic carbocycles. The SMILES string of the molecule is CCN(CC)CCCNc1nc(NCCCN(CC)CC)nc(Nc2ccc(NC(C)=O)cc2)n1. The number of benzene rings is 1. The highest BCUT2D eigenvalue weighted by atomic mass is 16.1. The molecular formula is C25H43N9O. The molecule has 0 aliphatic rings. The number of amides is 1. The summed E-state index contributed by atoms with van der Waals surface area (Å²) in [6.45, 7) is 18.1. The Labute approximate surface area is 210 Å². The number of carbonyl (C=O) groups excluding carboxylic acids is 1. The van der Waals surface area contributed by atoms with Gasteiger partial charge < -0.3 is 31.1 Å². The van der Waals surface area contributed by atoms with Gasteiger partial charge in [-0.3, -0.25) is 4.79 Å². The van der Waals surface area contributed by atoms with Crippen molar-refractivity contribution < 1.29 is 4.79 Å². The fraction of sp³-hybridized carbons (Fsp3) is 0.600. The van der Waals surface area contributed by atoms with Crippen LogP contribution in [0.1, 0.15) is 47.5 Å². The Hall–Kier alpha value is -2.98. The standard InChI is InChI=1S/C25H43N9O/c1-6-33(7-2)18-10-16-26-23-30-24(27-17-11-19-34(8-3)9-4)32-25(31-23)29-22-14-12-21(13-15-22)28-20(5)35/h12-15H,6-11,16-19H2,1-5H3,(H,28,35)(H3,26,27,29,30,31,32). The van der Waals surface area contributed by atoms with Crippen LogP contribution in [0.2, 0.25) is 0 Å². The largest absolute Gasteiger partial charge is 0.354 e. The fourth-order valence-corrected chi connectivity index (χ4v) is 3.64. The molecule has 0 saturated heterocycles. The van der Waals surface area contributed by atoms with E-state index in [-0.39, 0.29) is 5.91 Å². The summed E-state index contributed by atoms with van der Waals surface area (Å²) in [5, 5.41) is 12.7. The Morgan fingerprint density at radius 3 is 1.57 bits per heavy atom. The van der Waals surface area contributed by atoms with Crippen molar-refractivity contribution >= 4 is 35.1 Å². The van der Waals surface area contributed by atoms with Crippen molar-refractivity contribution in [1.29, 1.82) is 0 Å². The minimum Gasteiger partial charge on any atom is -0.354 e. The first-order chi connectivity index (χ1) is 17.0. The molecule has 0 radical (unpaired) electrons. The van der Waals surface area contributed by atoms with Crippen LogP contribution in [0, 0.1) is 0 Å². The lowest BCUT2D eigenvalue weighted by Crippen LogP contribution is -2.26. The van der Waals surface area contributed by atoms with Crippen LogP contribution >= 0.6 is 0 Å². The maximum Gasteiger partial charge on any atom is 0.233 e. The van der Waals surface area contributed by atoms with Gasteiger partial charge in [0.2, 0.25) is 23.8 Å². The first kappa shape index (κ1) is 28.3. The molecule has 1 aromatic heterocycles. The molecule has 0 fully saturated rings. The molecule has 194 valence electrons. The van der Waals surface area contributed by atoms with Crippen molar-refractivity contribution in [3.05, 3.63) is 24.3 Å². The summed E-state index contributed by atoms with van der Waals surface area (Å²) < 4.78 is 0. The molecule has 1 amide bonds. The highest BCUT2D eigenvalue weighted by Crippen LogP contribution is 2.18. The van der Waals surface area contributed by atoms with Crippen LogP contribution in [0.4, 0.5) is 29.2 Å². The minimum atomic E-state index is -0.100. The molecular weight excluding hydrogens is 442 g/mol. The van der Waals surface area contributed by atoms with Gasteiger partial charge in [-0.25, -0.2) is 0 Å². The van der Waals surface area contributed by atoms with E-state index in [0.717, 1.165) is 76.6 Å². The first-order valence-corrected chi connectivity index (χ1v) is 12.8. The van der Waals surface area contributed by atoms with Crippen molar-refractivity contribution in [3.63, 3.8) is 0 Å². The summed E-state index contributed by atoms with van der Waals surface area (Å²) in [4.78, 5) is 29.8. The second kappa shape index (κ2) is 15.8. The van der Waals surface area contributed by atoms with Gasteiger partial charge in [0.05, 0.1) is 0 Å². The van der Waals surface area contributed by atoms with Gasteiger partial charge in [0.1, 0.15) is 0 Å². The molecule has 10 heteroatoms. The molecule has 0 atom stereocenters. The van der Waals surface area contributed by atoms with Crippen molar-refractivity contribution in [2.75, 3.05) is 73.6 Å². The lowest BCUT2D eigenvalue weighted by molar-refractivity contribution is -0.114. The van der Waals surface area contributed by atoms with Gasteiger partial charge in [-0.15, -0.1) is 0 Å². The van der Waals surface area contributed by atoms with Crippen LogP contribution in [-0.4, -0.2) is 83.0 Å². The van der Waals surface area contributed by atoms with E-state index in [1.165, 1.54) is 6.92 Å². The maximum absolute atomic E-state index is 11.3. The van der Waals surface area contributed by atoms with Gasteiger partial charge in [-0.05, 0) is 76.4 Å². The zero-order valence-corrected chi connectivity index (χ0v) is 22.0. The Morgan fingerprint density at radius 2 is 1.14 bits per heavy atom. The monoisotopic (exact) mass is 485 g/mol. The van der Waals surface area contributed by atoms with Crippen LogP contribution < -0.4 is 21.3 Å². The number of hydrogen-bond acceptors (Lipinski definition) is 9. The number of nitrogens with zero attached hydrogens (tertiary/aromatic N) is 5. The topological polar surface area (TPSA) is 110 Å². The van der Waals surface area contributed by atoms with Crippen molar-refractivity contribution in [2.24, 2.45) is 0 Å². The predicted octanol–water partition coefficient (Wildman–Crippen LogP) is 3.86. The third-order valence-corrected chi connectivity index (χ3v) is 5.75. The molecule has 1 heterocycles. The molecule has 0 aliphatic heterocycles. The molecule has 4 N–H and O–H groups in total. The average molecular weight is 486 g/mol. The molecule has 2 aromatic rings. The van der Waals surface area contributed by atoms with Gasteiger partial charge >= 0.3 is 0 Å². The summed E-state index contributed by atoms with van der Waals surface area (Å²) in [5.41, 5.74) is 1.56. The summed E-state index contributed by atoms with van der Waals surface area (Å²) >= 11 is 0. The average Bonchev–Trinajstić information content (AvgIpc) is 2.85. The highest BCUT2D eigenvalue weighted by molar-refractivity contribution is 5.88. The quantitative estimate of drug-likeness (QED) is 0.248. The van der Waals surface area contributed by atoms with Crippen molar-refractivity contribution in [1.82, 2.24) is 24.8 Å². The van der Waals surface area contributed by atoms with Gasteiger partial charge in [-0.1, -0.05) is 27.7 Å². The number of carbonyl (C=O) groups is 1. The lowest BCUT2D eigenvalue weighted by Gasteiger charge is -2.18. The van der Waals surface area contributed by atoms with Crippen LogP contribution in [-0.2, 0) is 4.79 Å². The van der Waals surface area contributed by atoms with E-state index in [2.05, 4.69) is 73.7 Å². The Kier molecular flexibility index (Phi) is 12.8. The van der Waals surface area contributed by atoms with E-state index in [9.17, 15) is 4.79 Å². The number of anilines is 5. The maximum atomic E-state index is 11.3. The molecule has 0 aliphatic carbocycles. The zero-order valence-electron chi connectivity index (χ0n) is 22.0. The highest BCUT2D eigenvalue weighted by Gasteiger charge is 2.08. The van der Waals surface area contributed by atoms with E-state index in [4.69, 9.17) is 0 Å². The molecule has 35 heavy (non-hydrogen) atoms. The van der Waals surface area contributed by atoms with Gasteiger partial charge in [0, 0.05) is 31.4 Å². The molecule has 0 spiro atoms. The summed E-state index contributed by atoms with van der Waals surface area (Å²) in [7, 11) is 0. The van der Waals surface area contributed by atoms with E-state index in [1.54, 1.807) is 0 Å². The van der Waals surface area contributed by atoms with Gasteiger partial charge in [0.25, 0.3) is 0 Å². The Bertz CT molecular complexity index is 829. The third kappa shape index (κ3) is 10.9. The van der Waals surface area contributed by atoms with Crippen LogP contribution in [0.15, 0.2) is 24.3 Å². The van der Waals surface area contributed by atoms with Gasteiger partial charge in [-0.2, -0.15) is 15.0 Å². The number of hydrogen-bond donors (Lipinski definition) is 4. The minimum absolute atomic E-state index is 0.100. The number of rotatable bonds is 17. The summed E-state index contributed by atoms with van der Waals surface area (Å²) in [6, 6.07) is 7.43. The molecule has 0 unspecified atom stereocenters. The molecule has 2 rings (SSSR count). The number of nitrogens with one attached hydrogen (secondary N) is 4. The van der Waals surface area contributed by atoms with Crippen LogP contribution in [0.25, 0.3) is 0 Å². The van der Waals surface area contributed by atoms with Gasteiger partial charge in [0.15, 0.2) is 0 Å². The Balaban J connectivity index is 2.04. The summed E-state index contributed by atoms with van der Waals surface area (Å²) in [6.07, 6.45) is 2.01. The first-order valence-electron chi connectivity index (χ1n) is 12.8. The fourth-order valence-electron chi connectivity index (χ4n) is 3.64. The van der Waals surface area contributed by atoms with E-state index >= 15 is 0 Å². The zero-order chi connectivity index (χ0) is 25.5. The number of aromatic nitrogens is 3. The van der Waals surface area contributed by atoms with Crippen LogP contribution in [0.5, 0.6) is 0 Å². The Morgan fingerprint density at radius 1 is 0.714 bits per heavy atom. The second-order valence-corrected chi connectivity index (χ2v) is 8.30. The third-order valence-electron chi connectivity index (χ3n) is 5.75. The van der Waals surface area contributed by atoms with E-state index in [0.29, 0.717) is 17.8 Å². The lowest BCUT2D eigenvalue weighted by atomic mass is 10.3. The molecule has 10 nitrogen and oxygen atoms in total. The predicted molar refractivity (Wildman–Crippen MR) is 146 cm³/mol. The molecule has 0 saturated carbocycles. The van der Waals surface area contributed by atoms with E-state index < -0.39 is 0 Å².